The van der Waals surface area contributed by atoms with Gasteiger partial charge in [0.1, 0.15) is 0 Å². The summed E-state index contributed by atoms with van der Waals surface area (Å²) in [6, 6.07) is 4.98. The lowest BCUT2D eigenvalue weighted by molar-refractivity contribution is -0.146. The molecule has 1 saturated heterocycles. The van der Waals surface area contributed by atoms with Gasteiger partial charge in [-0.05, 0) is 32.0 Å². The smallest absolute Gasteiger partial charge is 0.338 e. The van der Waals surface area contributed by atoms with E-state index in [-0.39, 0.29) is 30.6 Å². The molecule has 1 N–H and O–H groups in total. The molecule has 1 aromatic carbocycles. The van der Waals surface area contributed by atoms with Gasteiger partial charge in [0, 0.05) is 18.0 Å². The van der Waals surface area contributed by atoms with Gasteiger partial charge in [-0.3, -0.25) is 9.59 Å². The predicted molar refractivity (Wildman–Crippen MR) is 92.7 cm³/mol. The quantitative estimate of drug-likeness (QED) is 0.819. The number of morpholine rings is 1. The van der Waals surface area contributed by atoms with Gasteiger partial charge in [-0.2, -0.15) is 0 Å². The van der Waals surface area contributed by atoms with E-state index in [1.54, 1.807) is 23.1 Å². The van der Waals surface area contributed by atoms with E-state index in [0.29, 0.717) is 30.1 Å². The zero-order valence-electron chi connectivity index (χ0n) is 14.1. The molecular formula is C17H20N2O5S. The van der Waals surface area contributed by atoms with Crippen molar-refractivity contribution < 1.29 is 23.9 Å². The van der Waals surface area contributed by atoms with Crippen LogP contribution in [-0.4, -0.2) is 60.3 Å². The molecule has 8 heteroatoms. The second-order valence-corrected chi connectivity index (χ2v) is 7.20. The van der Waals surface area contributed by atoms with Crippen molar-refractivity contribution in [2.75, 3.05) is 30.8 Å². The Morgan fingerprint density at radius 2 is 2.04 bits per heavy atom. The maximum Gasteiger partial charge on any atom is 0.338 e. The van der Waals surface area contributed by atoms with Crippen molar-refractivity contribution in [3.05, 3.63) is 23.8 Å². The summed E-state index contributed by atoms with van der Waals surface area (Å²) in [4.78, 5) is 38.4. The zero-order valence-corrected chi connectivity index (χ0v) is 14.9. The van der Waals surface area contributed by atoms with E-state index in [4.69, 9.17) is 9.47 Å². The average Bonchev–Trinajstić information content (AvgIpc) is 2.57. The summed E-state index contributed by atoms with van der Waals surface area (Å²) in [6.45, 7) is 4.48. The fourth-order valence-corrected chi connectivity index (χ4v) is 3.68. The van der Waals surface area contributed by atoms with E-state index in [1.807, 2.05) is 13.8 Å². The van der Waals surface area contributed by atoms with Crippen molar-refractivity contribution in [2.24, 2.45) is 0 Å². The molecule has 0 aromatic heterocycles. The largest absolute Gasteiger partial charge is 0.452 e. The molecule has 134 valence electrons. The summed E-state index contributed by atoms with van der Waals surface area (Å²) < 4.78 is 10.7. The van der Waals surface area contributed by atoms with Gasteiger partial charge in [-0.25, -0.2) is 4.79 Å². The highest BCUT2D eigenvalue weighted by Gasteiger charge is 2.26. The van der Waals surface area contributed by atoms with Crippen molar-refractivity contribution >= 4 is 35.2 Å². The molecule has 0 unspecified atom stereocenters. The third kappa shape index (κ3) is 4.32. The van der Waals surface area contributed by atoms with Crippen LogP contribution in [0.3, 0.4) is 0 Å². The molecule has 1 aromatic rings. The summed E-state index contributed by atoms with van der Waals surface area (Å²) >= 11 is 1.42. The van der Waals surface area contributed by atoms with E-state index in [0.717, 1.165) is 4.90 Å². The number of ether oxygens (including phenoxy) is 2. The van der Waals surface area contributed by atoms with Crippen LogP contribution in [0.1, 0.15) is 24.2 Å². The zero-order chi connectivity index (χ0) is 18.0. The lowest BCUT2D eigenvalue weighted by Gasteiger charge is -2.35. The lowest BCUT2D eigenvalue weighted by Crippen LogP contribution is -2.49. The number of carbonyl (C=O) groups excluding carboxylic acids is 3. The number of carbonyl (C=O) groups is 3. The van der Waals surface area contributed by atoms with Crippen LogP contribution >= 0.6 is 11.8 Å². The maximum absolute atomic E-state index is 12.2. The molecule has 2 aliphatic rings. The highest BCUT2D eigenvalue weighted by molar-refractivity contribution is 8.00. The molecule has 0 radical (unpaired) electrons. The summed E-state index contributed by atoms with van der Waals surface area (Å²) in [5.74, 6) is -0.567. The Hall–Kier alpha value is -2.06. The SMILES string of the molecule is C[C@@H]1CN(C(=O)COC(=O)c2ccc3c(c2)NC(=O)CS3)C[C@H](C)O1. The Bertz CT molecular complexity index is 698. The number of fused-ring (bicyclic) bond motifs is 1. The Balaban J connectivity index is 1.58. The Morgan fingerprint density at radius 1 is 1.32 bits per heavy atom. The van der Waals surface area contributed by atoms with Gasteiger partial charge in [-0.15, -0.1) is 11.8 Å². The first kappa shape index (κ1) is 17.8. The molecule has 2 atom stereocenters. The Morgan fingerprint density at radius 3 is 2.76 bits per heavy atom. The monoisotopic (exact) mass is 364 g/mol. The fraction of sp³-hybridized carbons (Fsp3) is 0.471. The van der Waals surface area contributed by atoms with E-state index in [2.05, 4.69) is 5.32 Å². The molecular weight excluding hydrogens is 344 g/mol. The average molecular weight is 364 g/mol. The summed E-state index contributed by atoms with van der Waals surface area (Å²) in [7, 11) is 0. The minimum atomic E-state index is -0.588. The summed E-state index contributed by atoms with van der Waals surface area (Å²) in [5, 5.41) is 2.72. The summed E-state index contributed by atoms with van der Waals surface area (Å²) in [5.41, 5.74) is 0.899. The molecule has 7 nitrogen and oxygen atoms in total. The van der Waals surface area contributed by atoms with Crippen molar-refractivity contribution in [3.63, 3.8) is 0 Å². The van der Waals surface area contributed by atoms with Gasteiger partial charge in [0.25, 0.3) is 5.91 Å². The van der Waals surface area contributed by atoms with E-state index in [1.165, 1.54) is 11.8 Å². The first-order valence-electron chi connectivity index (χ1n) is 8.09. The van der Waals surface area contributed by atoms with Crippen molar-refractivity contribution in [3.8, 4) is 0 Å². The van der Waals surface area contributed by atoms with Crippen LogP contribution in [-0.2, 0) is 19.1 Å². The van der Waals surface area contributed by atoms with E-state index >= 15 is 0 Å². The number of nitrogens with zero attached hydrogens (tertiary/aromatic N) is 1. The molecule has 25 heavy (non-hydrogen) atoms. The molecule has 0 aliphatic carbocycles. The second-order valence-electron chi connectivity index (χ2n) is 6.18. The lowest BCUT2D eigenvalue weighted by atomic mass is 10.2. The number of rotatable bonds is 3. The van der Waals surface area contributed by atoms with Crippen LogP contribution in [0.2, 0.25) is 0 Å². The van der Waals surface area contributed by atoms with Crippen molar-refractivity contribution in [2.45, 2.75) is 31.0 Å². The molecule has 1 fully saturated rings. The Kier molecular flexibility index (Phi) is 5.29. The fourth-order valence-electron chi connectivity index (χ4n) is 2.89. The minimum absolute atomic E-state index is 0.0369. The van der Waals surface area contributed by atoms with Crippen LogP contribution in [0.15, 0.2) is 23.1 Å². The summed E-state index contributed by atoms with van der Waals surface area (Å²) in [6.07, 6.45) is -0.0738. The van der Waals surface area contributed by atoms with Gasteiger partial charge in [0.05, 0.1) is 29.2 Å². The predicted octanol–water partition coefficient (Wildman–Crippen LogP) is 1.52. The number of hydrogen-bond donors (Lipinski definition) is 1. The van der Waals surface area contributed by atoms with Crippen molar-refractivity contribution in [1.82, 2.24) is 4.90 Å². The standard InChI is InChI=1S/C17H20N2O5S/c1-10-6-19(7-11(2)24-10)16(21)8-23-17(22)12-3-4-14-13(5-12)18-15(20)9-25-14/h3-5,10-11H,6-9H2,1-2H3,(H,18,20)/t10-,11+. The second kappa shape index (κ2) is 7.45. The molecule has 0 saturated carbocycles. The third-order valence-electron chi connectivity index (χ3n) is 3.95. The van der Waals surface area contributed by atoms with E-state index in [9.17, 15) is 14.4 Å². The van der Waals surface area contributed by atoms with Gasteiger partial charge in [0.15, 0.2) is 6.61 Å². The molecule has 3 rings (SSSR count). The first-order chi connectivity index (χ1) is 11.9. The van der Waals surface area contributed by atoms with Crippen LogP contribution in [0.5, 0.6) is 0 Å². The van der Waals surface area contributed by atoms with Crippen LogP contribution in [0.25, 0.3) is 0 Å². The number of anilines is 1. The van der Waals surface area contributed by atoms with Crippen molar-refractivity contribution in [1.29, 1.82) is 0 Å². The number of esters is 1. The number of thioether (sulfide) groups is 1. The molecule has 2 amide bonds. The van der Waals surface area contributed by atoms with Gasteiger partial charge in [-0.1, -0.05) is 0 Å². The van der Waals surface area contributed by atoms with Crippen LogP contribution in [0.4, 0.5) is 5.69 Å². The number of benzene rings is 1. The highest BCUT2D eigenvalue weighted by atomic mass is 32.2. The first-order valence-corrected chi connectivity index (χ1v) is 9.08. The topological polar surface area (TPSA) is 84.9 Å². The number of hydrogen-bond acceptors (Lipinski definition) is 6. The molecule has 0 spiro atoms. The Labute approximate surface area is 150 Å². The highest BCUT2D eigenvalue weighted by Crippen LogP contribution is 2.32. The normalized spacial score (nSPS) is 22.8. The van der Waals surface area contributed by atoms with Gasteiger partial charge < -0.3 is 19.7 Å². The van der Waals surface area contributed by atoms with Crippen LogP contribution < -0.4 is 5.32 Å². The maximum atomic E-state index is 12.2. The van der Waals surface area contributed by atoms with E-state index < -0.39 is 5.97 Å². The molecule has 0 bridgehead atoms. The third-order valence-corrected chi connectivity index (χ3v) is 5.02. The molecule has 2 heterocycles. The van der Waals surface area contributed by atoms with Gasteiger partial charge >= 0.3 is 5.97 Å². The minimum Gasteiger partial charge on any atom is -0.452 e. The number of amides is 2. The number of nitrogens with one attached hydrogen (secondary N) is 1. The van der Waals surface area contributed by atoms with Gasteiger partial charge in [0.2, 0.25) is 5.91 Å². The molecule has 2 aliphatic heterocycles. The van der Waals surface area contributed by atoms with Crippen LogP contribution in [0, 0.1) is 0 Å².